The van der Waals surface area contributed by atoms with E-state index in [0.717, 1.165) is 0 Å². The first kappa shape index (κ1) is 15.7. The van der Waals surface area contributed by atoms with Gasteiger partial charge in [0.05, 0.1) is 21.3 Å². The highest BCUT2D eigenvalue weighted by molar-refractivity contribution is 5.98. The van der Waals surface area contributed by atoms with Gasteiger partial charge in [0.15, 0.2) is 28.8 Å². The van der Waals surface area contributed by atoms with Gasteiger partial charge in [0, 0.05) is 12.0 Å². The molecule has 5 heteroatoms. The van der Waals surface area contributed by atoms with Crippen molar-refractivity contribution >= 4 is 5.78 Å². The molecule has 0 unspecified atom stereocenters. The molecule has 0 saturated carbocycles. The molecule has 0 aliphatic heterocycles. The minimum absolute atomic E-state index is 0.0140. The van der Waals surface area contributed by atoms with E-state index in [0.29, 0.717) is 28.4 Å². The van der Waals surface area contributed by atoms with Gasteiger partial charge in [-0.05, 0) is 35.9 Å². The maximum Gasteiger partial charge on any atom is 0.167 e. The number of phenolic OH excluding ortho intramolecular Hbond substituents is 1. The van der Waals surface area contributed by atoms with Crippen LogP contribution in [0.1, 0.15) is 15.9 Å². The molecular formula is C17H18O5. The van der Waals surface area contributed by atoms with Gasteiger partial charge >= 0.3 is 0 Å². The number of rotatable bonds is 6. The summed E-state index contributed by atoms with van der Waals surface area (Å²) in [5.41, 5.74) is 1.23. The number of methoxy groups -OCH3 is 3. The van der Waals surface area contributed by atoms with Crippen LogP contribution in [0.15, 0.2) is 36.4 Å². The summed E-state index contributed by atoms with van der Waals surface area (Å²) in [6, 6.07) is 9.93. The normalized spacial score (nSPS) is 10.1. The molecule has 0 radical (unpaired) electrons. The second-order valence-electron chi connectivity index (χ2n) is 4.68. The summed E-state index contributed by atoms with van der Waals surface area (Å²) >= 11 is 0. The van der Waals surface area contributed by atoms with Crippen molar-refractivity contribution in [2.45, 2.75) is 6.42 Å². The third-order valence-corrected chi connectivity index (χ3v) is 3.31. The van der Waals surface area contributed by atoms with Crippen molar-refractivity contribution in [3.63, 3.8) is 0 Å². The first-order valence-corrected chi connectivity index (χ1v) is 6.70. The molecule has 2 aromatic carbocycles. The second-order valence-corrected chi connectivity index (χ2v) is 4.68. The maximum atomic E-state index is 12.3. The number of carbonyl (C=O) groups is 1. The molecule has 0 aliphatic rings. The zero-order chi connectivity index (χ0) is 16.1. The van der Waals surface area contributed by atoms with E-state index >= 15 is 0 Å². The molecule has 0 bridgehead atoms. The predicted octanol–water partition coefficient (Wildman–Crippen LogP) is 2.84. The number of ether oxygens (including phenoxy) is 3. The van der Waals surface area contributed by atoms with Crippen LogP contribution >= 0.6 is 0 Å². The molecule has 0 amide bonds. The Kier molecular flexibility index (Phi) is 4.88. The molecule has 0 heterocycles. The topological polar surface area (TPSA) is 65.0 Å². The molecule has 0 saturated heterocycles. The van der Waals surface area contributed by atoms with Crippen molar-refractivity contribution in [2.24, 2.45) is 0 Å². The molecule has 0 fully saturated rings. The molecule has 5 nitrogen and oxygen atoms in total. The van der Waals surface area contributed by atoms with Crippen LogP contribution < -0.4 is 14.2 Å². The molecule has 22 heavy (non-hydrogen) atoms. The minimum Gasteiger partial charge on any atom is -0.504 e. The number of aromatic hydroxyl groups is 1. The summed E-state index contributed by atoms with van der Waals surface area (Å²) in [5, 5.41) is 9.75. The fraction of sp³-hybridized carbons (Fsp3) is 0.235. The summed E-state index contributed by atoms with van der Waals surface area (Å²) in [5.74, 6) is 1.39. The summed E-state index contributed by atoms with van der Waals surface area (Å²) in [6.45, 7) is 0. The fourth-order valence-corrected chi connectivity index (χ4v) is 2.14. The number of hydrogen-bond donors (Lipinski definition) is 1. The van der Waals surface area contributed by atoms with Crippen LogP contribution in [0.3, 0.4) is 0 Å². The van der Waals surface area contributed by atoms with E-state index in [1.165, 1.54) is 20.3 Å². The van der Waals surface area contributed by atoms with Gasteiger partial charge < -0.3 is 19.3 Å². The number of phenols is 1. The molecule has 0 aliphatic carbocycles. The number of ketones is 1. The molecular weight excluding hydrogens is 284 g/mol. The minimum atomic E-state index is -0.0782. The van der Waals surface area contributed by atoms with Gasteiger partial charge in [-0.2, -0.15) is 0 Å². The highest BCUT2D eigenvalue weighted by atomic mass is 16.5. The molecule has 2 aromatic rings. The molecule has 1 N–H and O–H groups in total. The van der Waals surface area contributed by atoms with Crippen molar-refractivity contribution in [1.82, 2.24) is 0 Å². The third-order valence-electron chi connectivity index (χ3n) is 3.31. The van der Waals surface area contributed by atoms with Crippen LogP contribution in [-0.4, -0.2) is 32.2 Å². The van der Waals surface area contributed by atoms with E-state index in [2.05, 4.69) is 0 Å². The Bertz CT molecular complexity index is 679. The Balaban J connectivity index is 2.20. The van der Waals surface area contributed by atoms with Crippen LogP contribution in [0, 0.1) is 0 Å². The van der Waals surface area contributed by atoms with Crippen molar-refractivity contribution in [3.05, 3.63) is 47.5 Å². The summed E-state index contributed by atoms with van der Waals surface area (Å²) in [7, 11) is 4.54. The number of benzene rings is 2. The van der Waals surface area contributed by atoms with Gasteiger partial charge in [0.1, 0.15) is 0 Å². The summed E-state index contributed by atoms with van der Waals surface area (Å²) < 4.78 is 15.3. The Morgan fingerprint density at radius 3 is 2.14 bits per heavy atom. The Morgan fingerprint density at radius 1 is 0.909 bits per heavy atom. The van der Waals surface area contributed by atoms with Crippen LogP contribution in [0.25, 0.3) is 0 Å². The number of carbonyl (C=O) groups excluding carboxylic acids is 1. The van der Waals surface area contributed by atoms with Crippen LogP contribution in [-0.2, 0) is 6.42 Å². The summed E-state index contributed by atoms with van der Waals surface area (Å²) in [6.07, 6.45) is 0.174. The van der Waals surface area contributed by atoms with Crippen molar-refractivity contribution < 1.29 is 24.1 Å². The lowest BCUT2D eigenvalue weighted by molar-refractivity contribution is 0.0992. The van der Waals surface area contributed by atoms with Gasteiger partial charge in [-0.15, -0.1) is 0 Å². The SMILES string of the molecule is COc1ccc(CC(=O)c2ccc(OC)c(OC)c2)cc1O. The number of hydrogen-bond acceptors (Lipinski definition) is 5. The fourth-order valence-electron chi connectivity index (χ4n) is 2.14. The zero-order valence-corrected chi connectivity index (χ0v) is 12.8. The molecule has 0 atom stereocenters. The van der Waals surface area contributed by atoms with Gasteiger partial charge in [-0.1, -0.05) is 6.07 Å². The van der Waals surface area contributed by atoms with E-state index in [9.17, 15) is 9.90 Å². The van der Waals surface area contributed by atoms with Crippen molar-refractivity contribution in [1.29, 1.82) is 0 Å². The maximum absolute atomic E-state index is 12.3. The molecule has 2 rings (SSSR count). The monoisotopic (exact) mass is 302 g/mol. The average Bonchev–Trinajstić information content (AvgIpc) is 2.54. The molecule has 0 spiro atoms. The van der Waals surface area contributed by atoms with E-state index in [4.69, 9.17) is 14.2 Å². The Morgan fingerprint density at radius 2 is 1.55 bits per heavy atom. The van der Waals surface area contributed by atoms with Gasteiger partial charge in [0.2, 0.25) is 0 Å². The second kappa shape index (κ2) is 6.85. The van der Waals surface area contributed by atoms with Gasteiger partial charge in [0.25, 0.3) is 0 Å². The summed E-state index contributed by atoms with van der Waals surface area (Å²) in [4.78, 5) is 12.3. The smallest absolute Gasteiger partial charge is 0.167 e. The Labute approximate surface area is 129 Å². The van der Waals surface area contributed by atoms with Gasteiger partial charge in [-0.3, -0.25) is 4.79 Å². The highest BCUT2D eigenvalue weighted by Gasteiger charge is 2.12. The molecule has 0 aromatic heterocycles. The van der Waals surface area contributed by atoms with E-state index < -0.39 is 0 Å². The predicted molar refractivity (Wildman–Crippen MR) is 82.2 cm³/mol. The van der Waals surface area contributed by atoms with E-state index in [-0.39, 0.29) is 18.0 Å². The standard InChI is InChI=1S/C17H18O5/c1-20-15-6-4-11(9-14(15)19)8-13(18)12-5-7-16(21-2)17(10-12)22-3/h4-7,9-10,19H,8H2,1-3H3. The number of Topliss-reactive ketones (excluding diaryl/α,β-unsaturated/α-hetero) is 1. The zero-order valence-electron chi connectivity index (χ0n) is 12.8. The van der Waals surface area contributed by atoms with E-state index in [1.807, 2.05) is 0 Å². The first-order valence-electron chi connectivity index (χ1n) is 6.70. The van der Waals surface area contributed by atoms with Crippen LogP contribution in [0.5, 0.6) is 23.0 Å². The largest absolute Gasteiger partial charge is 0.504 e. The van der Waals surface area contributed by atoms with E-state index in [1.54, 1.807) is 37.4 Å². The lowest BCUT2D eigenvalue weighted by atomic mass is 10.0. The highest BCUT2D eigenvalue weighted by Crippen LogP contribution is 2.29. The molecule has 116 valence electrons. The quantitative estimate of drug-likeness (QED) is 0.831. The lowest BCUT2D eigenvalue weighted by Gasteiger charge is -2.09. The lowest BCUT2D eigenvalue weighted by Crippen LogP contribution is -2.04. The first-order chi connectivity index (χ1) is 10.6. The Hall–Kier alpha value is -2.69. The van der Waals surface area contributed by atoms with Crippen LogP contribution in [0.4, 0.5) is 0 Å². The third kappa shape index (κ3) is 3.31. The van der Waals surface area contributed by atoms with Gasteiger partial charge in [-0.25, -0.2) is 0 Å². The van der Waals surface area contributed by atoms with Crippen molar-refractivity contribution in [3.8, 4) is 23.0 Å². The van der Waals surface area contributed by atoms with Crippen LogP contribution in [0.2, 0.25) is 0 Å². The average molecular weight is 302 g/mol. The van der Waals surface area contributed by atoms with Crippen molar-refractivity contribution in [2.75, 3.05) is 21.3 Å².